The third-order valence-corrected chi connectivity index (χ3v) is 6.60. The zero-order valence-corrected chi connectivity index (χ0v) is 20.1. The van der Waals surface area contributed by atoms with Gasteiger partial charge in [-0.2, -0.15) is 0 Å². The Morgan fingerprint density at radius 1 is 1.06 bits per heavy atom. The molecule has 0 bridgehead atoms. The molecule has 3 aromatic rings. The van der Waals surface area contributed by atoms with E-state index in [1.165, 1.54) is 22.4 Å². The van der Waals surface area contributed by atoms with Crippen molar-refractivity contribution < 1.29 is 14.3 Å². The summed E-state index contributed by atoms with van der Waals surface area (Å²) in [6.07, 6.45) is 5.28. The fourth-order valence-corrected chi connectivity index (χ4v) is 4.83. The normalized spacial score (nSPS) is 16.1. The van der Waals surface area contributed by atoms with Gasteiger partial charge >= 0.3 is 0 Å². The van der Waals surface area contributed by atoms with Gasteiger partial charge in [0.05, 0.1) is 12.8 Å². The van der Waals surface area contributed by atoms with Crippen molar-refractivity contribution in [1.29, 1.82) is 0 Å². The number of aryl methyl sites for hydroxylation is 3. The summed E-state index contributed by atoms with van der Waals surface area (Å²) in [6.45, 7) is 2.33. The largest absolute Gasteiger partial charge is 0.496 e. The van der Waals surface area contributed by atoms with Gasteiger partial charge < -0.3 is 14.8 Å². The van der Waals surface area contributed by atoms with Crippen LogP contribution in [-0.4, -0.2) is 18.1 Å². The van der Waals surface area contributed by atoms with E-state index in [9.17, 15) is 4.79 Å². The van der Waals surface area contributed by atoms with Gasteiger partial charge in [-0.3, -0.25) is 9.69 Å². The van der Waals surface area contributed by atoms with Crippen molar-refractivity contribution in [3.63, 3.8) is 0 Å². The highest BCUT2D eigenvalue weighted by Crippen LogP contribution is 2.29. The predicted molar refractivity (Wildman–Crippen MR) is 138 cm³/mol. The van der Waals surface area contributed by atoms with Crippen LogP contribution < -0.4 is 19.7 Å². The number of ether oxygens (including phenoxy) is 2. The van der Waals surface area contributed by atoms with E-state index in [1.54, 1.807) is 7.11 Å². The molecule has 5 nitrogen and oxygen atoms in total. The Labute approximate surface area is 205 Å². The molecular formula is C28H26N2O3S. The summed E-state index contributed by atoms with van der Waals surface area (Å²) in [4.78, 5) is 14.7. The number of nitrogens with one attached hydrogen (secondary N) is 1. The number of carbonyl (C=O) groups excluding carboxylic acids is 1. The molecule has 1 aliphatic carbocycles. The van der Waals surface area contributed by atoms with Crippen LogP contribution in [0.15, 0.2) is 66.4 Å². The van der Waals surface area contributed by atoms with Gasteiger partial charge in [-0.25, -0.2) is 0 Å². The number of thiocarbonyl (C=S) groups is 1. The first-order valence-electron chi connectivity index (χ1n) is 11.4. The summed E-state index contributed by atoms with van der Waals surface area (Å²) in [5, 5.41) is 3.44. The molecule has 1 amide bonds. The molecule has 1 N–H and O–H groups in total. The van der Waals surface area contributed by atoms with Crippen molar-refractivity contribution in [2.75, 3.05) is 12.0 Å². The lowest BCUT2D eigenvalue weighted by Gasteiger charge is -2.16. The molecule has 0 radical (unpaired) electrons. The Balaban J connectivity index is 1.37. The molecule has 6 heteroatoms. The van der Waals surface area contributed by atoms with Crippen molar-refractivity contribution >= 4 is 35.0 Å². The number of amides is 1. The molecule has 0 spiro atoms. The number of anilines is 1. The summed E-state index contributed by atoms with van der Waals surface area (Å²) >= 11 is 5.46. The van der Waals surface area contributed by atoms with E-state index in [0.29, 0.717) is 17.4 Å². The molecule has 1 saturated heterocycles. The number of rotatable bonds is 6. The van der Waals surface area contributed by atoms with Gasteiger partial charge in [-0.1, -0.05) is 30.3 Å². The molecule has 5 rings (SSSR count). The van der Waals surface area contributed by atoms with Crippen LogP contribution in [0.1, 0.15) is 34.2 Å². The maximum absolute atomic E-state index is 13.1. The summed E-state index contributed by atoms with van der Waals surface area (Å²) in [7, 11) is 1.65. The van der Waals surface area contributed by atoms with Crippen LogP contribution >= 0.6 is 12.2 Å². The molecule has 1 fully saturated rings. The number of fused-ring (bicyclic) bond motifs is 1. The van der Waals surface area contributed by atoms with Crippen LogP contribution in [0.2, 0.25) is 0 Å². The van der Waals surface area contributed by atoms with Gasteiger partial charge in [0.2, 0.25) is 0 Å². The lowest BCUT2D eigenvalue weighted by Crippen LogP contribution is -2.30. The molecule has 2 aliphatic rings. The second kappa shape index (κ2) is 9.31. The zero-order valence-electron chi connectivity index (χ0n) is 19.3. The molecule has 1 aliphatic heterocycles. The highest BCUT2D eigenvalue weighted by Gasteiger charge is 2.32. The van der Waals surface area contributed by atoms with Gasteiger partial charge in [0.25, 0.3) is 5.91 Å². The highest BCUT2D eigenvalue weighted by molar-refractivity contribution is 7.80. The molecule has 34 heavy (non-hydrogen) atoms. The summed E-state index contributed by atoms with van der Waals surface area (Å²) in [5.74, 6) is 1.43. The van der Waals surface area contributed by atoms with Gasteiger partial charge in [-0.15, -0.1) is 0 Å². The number of nitrogens with zero attached hydrogens (tertiary/aromatic N) is 1. The van der Waals surface area contributed by atoms with Crippen LogP contribution in [0.4, 0.5) is 5.69 Å². The Morgan fingerprint density at radius 3 is 2.71 bits per heavy atom. The molecule has 0 unspecified atom stereocenters. The van der Waals surface area contributed by atoms with Crippen LogP contribution in [-0.2, 0) is 24.2 Å². The highest BCUT2D eigenvalue weighted by atomic mass is 32.1. The lowest BCUT2D eigenvalue weighted by molar-refractivity contribution is -0.113. The van der Waals surface area contributed by atoms with E-state index < -0.39 is 0 Å². The van der Waals surface area contributed by atoms with E-state index in [0.717, 1.165) is 46.7 Å². The number of carbonyl (C=O) groups is 1. The van der Waals surface area contributed by atoms with Crippen LogP contribution in [0.3, 0.4) is 0 Å². The molecule has 172 valence electrons. The number of hydrogen-bond acceptors (Lipinski definition) is 4. The van der Waals surface area contributed by atoms with Crippen molar-refractivity contribution in [3.05, 3.63) is 94.2 Å². The standard InChI is InChI=1S/C28H26N2O3S/c1-18-6-3-4-9-25(18)30-27(31)24(29-28(30)34)15-19-10-13-26(32-2)22(14-19)17-33-23-12-11-20-7-5-8-21(20)16-23/h3-4,6,9-16H,5,7-8,17H2,1-2H3,(H,29,34)/b24-15+. The molecular weight excluding hydrogens is 444 g/mol. The predicted octanol–water partition coefficient (Wildman–Crippen LogP) is 5.33. The fraction of sp³-hybridized carbons (Fsp3) is 0.214. The summed E-state index contributed by atoms with van der Waals surface area (Å²) in [5.41, 5.74) is 6.76. The average molecular weight is 471 g/mol. The minimum absolute atomic E-state index is 0.175. The Bertz CT molecular complexity index is 1310. The third-order valence-electron chi connectivity index (χ3n) is 6.31. The number of benzene rings is 3. The minimum atomic E-state index is -0.175. The van der Waals surface area contributed by atoms with Crippen LogP contribution in [0.5, 0.6) is 11.5 Å². The van der Waals surface area contributed by atoms with E-state index in [-0.39, 0.29) is 5.91 Å². The van der Waals surface area contributed by atoms with Crippen molar-refractivity contribution in [3.8, 4) is 11.5 Å². The molecule has 3 aromatic carbocycles. The van der Waals surface area contributed by atoms with E-state index in [2.05, 4.69) is 17.4 Å². The van der Waals surface area contributed by atoms with Gasteiger partial charge in [0.1, 0.15) is 23.8 Å². The second-order valence-corrected chi connectivity index (χ2v) is 8.95. The first-order chi connectivity index (χ1) is 16.5. The number of para-hydroxylation sites is 1. The summed E-state index contributed by atoms with van der Waals surface area (Å²) in [6, 6.07) is 19.8. The average Bonchev–Trinajstić information content (AvgIpc) is 3.42. The van der Waals surface area contributed by atoms with E-state index in [1.807, 2.05) is 61.5 Å². The smallest absolute Gasteiger partial charge is 0.281 e. The van der Waals surface area contributed by atoms with Crippen LogP contribution in [0, 0.1) is 6.92 Å². The Morgan fingerprint density at radius 2 is 1.88 bits per heavy atom. The molecule has 0 saturated carbocycles. The van der Waals surface area contributed by atoms with Gasteiger partial charge in [0, 0.05) is 5.56 Å². The monoisotopic (exact) mass is 470 g/mol. The topological polar surface area (TPSA) is 50.8 Å². The maximum atomic E-state index is 13.1. The van der Waals surface area contributed by atoms with Gasteiger partial charge in [0.15, 0.2) is 5.11 Å². The lowest BCUT2D eigenvalue weighted by atomic mass is 10.1. The molecule has 1 heterocycles. The second-order valence-electron chi connectivity index (χ2n) is 8.56. The van der Waals surface area contributed by atoms with Crippen molar-refractivity contribution in [2.24, 2.45) is 0 Å². The zero-order chi connectivity index (χ0) is 23.7. The SMILES string of the molecule is COc1ccc(/C=C2/NC(=S)N(c3ccccc3C)C2=O)cc1COc1ccc2c(c1)CCC2. The van der Waals surface area contributed by atoms with Crippen molar-refractivity contribution in [1.82, 2.24) is 5.32 Å². The van der Waals surface area contributed by atoms with E-state index in [4.69, 9.17) is 21.7 Å². The van der Waals surface area contributed by atoms with Gasteiger partial charge in [-0.05, 0) is 97.1 Å². The first kappa shape index (κ1) is 22.2. The van der Waals surface area contributed by atoms with Crippen LogP contribution in [0.25, 0.3) is 6.08 Å². The maximum Gasteiger partial charge on any atom is 0.281 e. The van der Waals surface area contributed by atoms with Crippen molar-refractivity contribution in [2.45, 2.75) is 32.8 Å². The summed E-state index contributed by atoms with van der Waals surface area (Å²) < 4.78 is 11.6. The third kappa shape index (κ3) is 4.29. The number of hydrogen-bond donors (Lipinski definition) is 1. The molecule has 0 atom stereocenters. The fourth-order valence-electron chi connectivity index (χ4n) is 4.54. The first-order valence-corrected chi connectivity index (χ1v) is 11.8. The quantitative estimate of drug-likeness (QED) is 0.390. The van der Waals surface area contributed by atoms with E-state index >= 15 is 0 Å². The minimum Gasteiger partial charge on any atom is -0.496 e. The number of methoxy groups -OCH3 is 1. The Hall–Kier alpha value is -3.64. The molecule has 0 aromatic heterocycles. The Kier molecular flexibility index (Phi) is 6.07.